The highest BCUT2D eigenvalue weighted by Gasteiger charge is 2.35. The third-order valence-corrected chi connectivity index (χ3v) is 16.0. The fourth-order valence-electron chi connectivity index (χ4n) is 12.3. The summed E-state index contributed by atoms with van der Waals surface area (Å²) in [5.41, 5.74) is 25.4. The molecule has 0 N–H and O–H groups in total. The lowest BCUT2D eigenvalue weighted by Crippen LogP contribution is -2.15. The molecule has 0 spiro atoms. The molecule has 12 aromatic rings. The third-order valence-electron chi connectivity index (χ3n) is 16.0. The fourth-order valence-corrected chi connectivity index (χ4v) is 12.3. The number of hydrogen-bond acceptors (Lipinski definition) is 4. The molecule has 1 aromatic heterocycles. The number of nitriles is 1. The summed E-state index contributed by atoms with van der Waals surface area (Å²) in [5.74, 6) is 1.93. The number of fused-ring (bicyclic) bond motifs is 7. The van der Waals surface area contributed by atoms with Crippen LogP contribution in [0.25, 0.3) is 134 Å². The first kappa shape index (κ1) is 44.2. The van der Waals surface area contributed by atoms with Crippen molar-refractivity contribution in [1.82, 2.24) is 15.0 Å². The van der Waals surface area contributed by atoms with Gasteiger partial charge in [0.1, 0.15) is 0 Å². The molecule has 0 atom stereocenters. The van der Waals surface area contributed by atoms with Crippen molar-refractivity contribution in [2.24, 2.45) is 0 Å². The molecule has 0 bridgehead atoms. The summed E-state index contributed by atoms with van der Waals surface area (Å²) in [4.78, 5) is 15.5. The van der Waals surface area contributed by atoms with Crippen LogP contribution < -0.4 is 0 Å². The van der Waals surface area contributed by atoms with Gasteiger partial charge in [-0.1, -0.05) is 220 Å². The van der Waals surface area contributed by atoms with Crippen molar-refractivity contribution in [3.05, 3.63) is 246 Å². The van der Waals surface area contributed by atoms with Crippen LogP contribution in [0.3, 0.4) is 0 Å². The molecule has 14 rings (SSSR count). The molecule has 0 saturated heterocycles. The smallest absolute Gasteiger partial charge is 0.164 e. The Morgan fingerprint density at radius 1 is 0.320 bits per heavy atom. The number of hydrogen-bond donors (Lipinski definition) is 0. The minimum absolute atomic E-state index is 0.151. The van der Waals surface area contributed by atoms with Crippen molar-refractivity contribution in [2.45, 2.75) is 33.1 Å². The van der Waals surface area contributed by atoms with Gasteiger partial charge in [0.25, 0.3) is 0 Å². The van der Waals surface area contributed by atoms with Gasteiger partial charge in [-0.3, -0.25) is 0 Å². The van der Waals surface area contributed by atoms with Gasteiger partial charge in [-0.25, -0.2) is 15.0 Å². The maximum atomic E-state index is 9.80. The number of benzene rings is 11. The predicted molar refractivity (Wildman–Crippen MR) is 309 cm³/mol. The summed E-state index contributed by atoms with van der Waals surface area (Å²) in [6, 6.07) is 80.8. The Bertz CT molecular complexity index is 4380. The zero-order chi connectivity index (χ0) is 50.5. The molecular formula is C71H48N4. The molecule has 75 heavy (non-hydrogen) atoms. The zero-order valence-electron chi connectivity index (χ0n) is 42.1. The van der Waals surface area contributed by atoms with Crippen LogP contribution in [0.2, 0.25) is 0 Å². The normalized spacial score (nSPS) is 12.6. The van der Waals surface area contributed by atoms with E-state index in [4.69, 9.17) is 15.0 Å². The first-order valence-electron chi connectivity index (χ1n) is 25.7. The molecule has 352 valence electrons. The second kappa shape index (κ2) is 17.0. The van der Waals surface area contributed by atoms with Gasteiger partial charge in [0, 0.05) is 27.5 Å². The summed E-state index contributed by atoms with van der Waals surface area (Å²) in [7, 11) is 0. The lowest BCUT2D eigenvalue weighted by molar-refractivity contribution is 0.660. The molecule has 11 aromatic carbocycles. The van der Waals surface area contributed by atoms with Crippen molar-refractivity contribution in [3.63, 3.8) is 0 Å². The van der Waals surface area contributed by atoms with Crippen LogP contribution in [0.4, 0.5) is 0 Å². The highest BCUT2D eigenvalue weighted by atomic mass is 15.0. The number of nitrogens with zero attached hydrogens (tertiary/aromatic N) is 4. The fraction of sp³-hybridized carbons (Fsp3) is 0.0704. The van der Waals surface area contributed by atoms with Gasteiger partial charge in [-0.2, -0.15) is 5.26 Å². The Morgan fingerprint density at radius 3 is 1.43 bits per heavy atom. The van der Waals surface area contributed by atoms with Gasteiger partial charge in [0.2, 0.25) is 0 Å². The van der Waals surface area contributed by atoms with E-state index in [9.17, 15) is 5.26 Å². The Kier molecular flexibility index (Phi) is 10.0. The molecule has 0 fully saturated rings. The van der Waals surface area contributed by atoms with Crippen molar-refractivity contribution < 1.29 is 0 Å². The predicted octanol–water partition coefficient (Wildman–Crippen LogP) is 18.3. The molecule has 4 heteroatoms. The largest absolute Gasteiger partial charge is 0.208 e. The van der Waals surface area contributed by atoms with E-state index in [0.717, 1.165) is 44.2 Å². The van der Waals surface area contributed by atoms with Crippen molar-refractivity contribution in [2.75, 3.05) is 0 Å². The first-order chi connectivity index (χ1) is 36.7. The molecule has 1 heterocycles. The van der Waals surface area contributed by atoms with E-state index in [2.05, 4.69) is 210 Å². The number of rotatable bonds is 7. The van der Waals surface area contributed by atoms with Crippen molar-refractivity contribution in [3.8, 4) is 118 Å². The van der Waals surface area contributed by atoms with Gasteiger partial charge >= 0.3 is 0 Å². The van der Waals surface area contributed by atoms with Crippen molar-refractivity contribution >= 4 is 21.5 Å². The van der Waals surface area contributed by atoms with Gasteiger partial charge in [0.05, 0.1) is 11.6 Å². The van der Waals surface area contributed by atoms with E-state index in [1.807, 2.05) is 42.5 Å². The van der Waals surface area contributed by atoms with Gasteiger partial charge in [-0.15, -0.1) is 0 Å². The van der Waals surface area contributed by atoms with E-state index >= 15 is 0 Å². The van der Waals surface area contributed by atoms with Crippen LogP contribution in [0, 0.1) is 25.2 Å². The molecule has 0 amide bonds. The highest BCUT2D eigenvalue weighted by Crippen LogP contribution is 2.53. The molecule has 2 aliphatic carbocycles. The average Bonchev–Trinajstić information content (AvgIpc) is 3.92. The monoisotopic (exact) mass is 956 g/mol. The average molecular weight is 957 g/mol. The minimum Gasteiger partial charge on any atom is -0.208 e. The molecule has 2 aliphatic rings. The van der Waals surface area contributed by atoms with E-state index < -0.39 is 0 Å². The SMILES string of the molecule is Cc1cc(-c2ccc(C#N)c3ccccc23)ccc1-c1ccc(-c2ccc3c4c(ccc(-c5ccc(-c6nc(-c7ccccc7)nc(-c7ccc8c(c7)C(C)(C)c7ccccc7-8)n6)cc5)c24)-c2ccccc2-3)c(C)c1. The van der Waals surface area contributed by atoms with Crippen LogP contribution in [-0.2, 0) is 5.41 Å². The third kappa shape index (κ3) is 7.00. The van der Waals surface area contributed by atoms with Crippen LogP contribution in [0.1, 0.15) is 41.7 Å². The van der Waals surface area contributed by atoms with Gasteiger partial charge in [-0.05, 0) is 142 Å². The Balaban J connectivity index is 0.858. The minimum atomic E-state index is -0.151. The summed E-state index contributed by atoms with van der Waals surface area (Å²) >= 11 is 0. The molecule has 4 nitrogen and oxygen atoms in total. The summed E-state index contributed by atoms with van der Waals surface area (Å²) < 4.78 is 0. The molecule has 0 saturated carbocycles. The summed E-state index contributed by atoms with van der Waals surface area (Å²) in [5, 5.41) is 14.4. The highest BCUT2D eigenvalue weighted by molar-refractivity contribution is 6.22. The topological polar surface area (TPSA) is 62.5 Å². The first-order valence-corrected chi connectivity index (χ1v) is 25.7. The van der Waals surface area contributed by atoms with E-state index in [1.54, 1.807) is 0 Å². The Morgan fingerprint density at radius 2 is 0.760 bits per heavy atom. The van der Waals surface area contributed by atoms with Gasteiger partial charge < -0.3 is 0 Å². The van der Waals surface area contributed by atoms with Gasteiger partial charge in [0.15, 0.2) is 17.5 Å². The molecule has 0 radical (unpaired) electrons. The maximum Gasteiger partial charge on any atom is 0.164 e. The molecular weight excluding hydrogens is 909 g/mol. The Hall–Kier alpha value is -9.56. The second-order valence-corrected chi connectivity index (χ2v) is 20.7. The Labute approximate surface area is 437 Å². The van der Waals surface area contributed by atoms with Crippen LogP contribution in [-0.4, -0.2) is 15.0 Å². The standard InChI is InChI=1S/C71H48N4/c1-42-38-48(54-32-29-50(41-72)53-16-8-9-17-56(53)54)26-30-51(42)47-27-31-52(43(2)39-47)61-36-37-63-58-19-11-10-18-57(58)62-35-34-55(66(61)67(62)63)44-22-24-46(25-23-44)69-73-68(45-14-6-5-7-15-45)74-70(75-69)49-28-33-60-59-20-12-13-21-64(59)71(3,4)65(60)40-49/h5-40H,1-4H3. The summed E-state index contributed by atoms with van der Waals surface area (Å²) in [6.07, 6.45) is 0. The van der Waals surface area contributed by atoms with Crippen LogP contribution in [0.5, 0.6) is 0 Å². The molecule has 0 aliphatic heterocycles. The van der Waals surface area contributed by atoms with Crippen molar-refractivity contribution in [1.29, 1.82) is 5.26 Å². The van der Waals surface area contributed by atoms with Crippen LogP contribution >= 0.6 is 0 Å². The lowest BCUT2D eigenvalue weighted by Gasteiger charge is -2.21. The number of aromatic nitrogens is 3. The van der Waals surface area contributed by atoms with E-state index in [-0.39, 0.29) is 5.41 Å². The second-order valence-electron chi connectivity index (χ2n) is 20.7. The quantitative estimate of drug-likeness (QED) is 0.160. The van der Waals surface area contributed by atoms with E-state index in [0.29, 0.717) is 23.0 Å². The lowest BCUT2D eigenvalue weighted by atomic mass is 9.82. The molecule has 0 unspecified atom stereocenters. The van der Waals surface area contributed by atoms with Crippen LogP contribution in [0.15, 0.2) is 218 Å². The van der Waals surface area contributed by atoms with E-state index in [1.165, 1.54) is 94.2 Å². The summed E-state index contributed by atoms with van der Waals surface area (Å²) in [6.45, 7) is 9.05. The number of aryl methyl sites for hydroxylation is 2. The zero-order valence-corrected chi connectivity index (χ0v) is 42.1. The maximum absolute atomic E-state index is 9.80.